The number of carbonyl (C=O) groups is 1. The van der Waals surface area contributed by atoms with Crippen molar-refractivity contribution in [1.82, 2.24) is 0 Å². The lowest BCUT2D eigenvalue weighted by atomic mass is 10.2. The molecule has 0 aromatic heterocycles. The van der Waals surface area contributed by atoms with Crippen LogP contribution in [0, 0.1) is 0 Å². The second-order valence-corrected chi connectivity index (χ2v) is 3.08. The zero-order chi connectivity index (χ0) is 11.1. The van der Waals surface area contributed by atoms with Gasteiger partial charge in [0.15, 0.2) is 6.10 Å². The monoisotopic (exact) mass is 210 g/mol. The average molecular weight is 210 g/mol. The highest BCUT2D eigenvalue weighted by molar-refractivity contribution is 5.72. The molecule has 0 spiro atoms. The predicted molar refractivity (Wildman–Crippen MR) is 54.5 cm³/mol. The maximum absolute atomic E-state index is 10.7. The maximum Gasteiger partial charge on any atom is 0.335 e. The molecule has 0 saturated carbocycles. The summed E-state index contributed by atoms with van der Waals surface area (Å²) < 4.78 is 9.95. The summed E-state index contributed by atoms with van der Waals surface area (Å²) in [6, 6.07) is 9.42. The third-order valence-corrected chi connectivity index (χ3v) is 1.89. The van der Waals surface area contributed by atoms with E-state index in [0.29, 0.717) is 0 Å². The first-order chi connectivity index (χ1) is 7.24. The first-order valence-electron chi connectivity index (χ1n) is 4.61. The minimum atomic E-state index is -1.01. The van der Waals surface area contributed by atoms with Crippen molar-refractivity contribution in [1.29, 1.82) is 0 Å². The van der Waals surface area contributed by atoms with E-state index in [2.05, 4.69) is 0 Å². The van der Waals surface area contributed by atoms with Crippen LogP contribution in [0.5, 0.6) is 0 Å². The van der Waals surface area contributed by atoms with E-state index in [-0.39, 0.29) is 13.2 Å². The van der Waals surface area contributed by atoms with Gasteiger partial charge in [0.1, 0.15) is 0 Å². The van der Waals surface area contributed by atoms with Crippen molar-refractivity contribution in [2.75, 3.05) is 13.7 Å². The highest BCUT2D eigenvalue weighted by Gasteiger charge is 2.17. The van der Waals surface area contributed by atoms with E-state index in [0.717, 1.165) is 5.56 Å². The zero-order valence-electron chi connectivity index (χ0n) is 8.55. The Bertz CT molecular complexity index is 297. The summed E-state index contributed by atoms with van der Waals surface area (Å²) in [6.45, 7) is 0.337. The van der Waals surface area contributed by atoms with E-state index in [1.165, 1.54) is 7.11 Å². The largest absolute Gasteiger partial charge is 0.479 e. The molecule has 0 saturated heterocycles. The van der Waals surface area contributed by atoms with Crippen LogP contribution in [0.1, 0.15) is 5.56 Å². The molecule has 1 rings (SSSR count). The molecule has 1 unspecified atom stereocenters. The maximum atomic E-state index is 10.7. The van der Waals surface area contributed by atoms with Crippen LogP contribution in [0.2, 0.25) is 0 Å². The quantitative estimate of drug-likeness (QED) is 0.769. The normalized spacial score (nSPS) is 12.3. The number of methoxy groups -OCH3 is 1. The lowest BCUT2D eigenvalue weighted by Gasteiger charge is -2.12. The van der Waals surface area contributed by atoms with Gasteiger partial charge in [-0.05, 0) is 5.56 Å². The van der Waals surface area contributed by atoms with Gasteiger partial charge in [-0.25, -0.2) is 4.79 Å². The van der Waals surface area contributed by atoms with Crippen molar-refractivity contribution in [3.63, 3.8) is 0 Å². The fraction of sp³-hybridized carbons (Fsp3) is 0.364. The van der Waals surface area contributed by atoms with Crippen LogP contribution in [0.25, 0.3) is 0 Å². The van der Waals surface area contributed by atoms with Crippen molar-refractivity contribution in [3.8, 4) is 0 Å². The average Bonchev–Trinajstić information content (AvgIpc) is 2.25. The van der Waals surface area contributed by atoms with Gasteiger partial charge in [0.2, 0.25) is 0 Å². The predicted octanol–water partition coefficient (Wildman–Crippen LogP) is 1.30. The molecule has 0 bridgehead atoms. The van der Waals surface area contributed by atoms with Crippen LogP contribution in [-0.2, 0) is 20.9 Å². The van der Waals surface area contributed by atoms with Crippen LogP contribution < -0.4 is 0 Å². The molecule has 1 aromatic carbocycles. The molecular formula is C11H14O4. The third kappa shape index (κ3) is 4.10. The summed E-state index contributed by atoms with van der Waals surface area (Å²) >= 11 is 0. The van der Waals surface area contributed by atoms with Crippen LogP contribution in [0.15, 0.2) is 30.3 Å². The number of aliphatic carboxylic acids is 1. The highest BCUT2D eigenvalue weighted by atomic mass is 16.5. The first-order valence-corrected chi connectivity index (χ1v) is 4.61. The Morgan fingerprint density at radius 1 is 1.40 bits per heavy atom. The lowest BCUT2D eigenvalue weighted by molar-refractivity contribution is -0.154. The molecule has 0 aliphatic carbocycles. The Balaban J connectivity index is 2.43. The lowest BCUT2D eigenvalue weighted by Crippen LogP contribution is -2.28. The number of ether oxygens (including phenoxy) is 2. The molecule has 0 amide bonds. The van der Waals surface area contributed by atoms with E-state index in [1.54, 1.807) is 0 Å². The number of hydrogen-bond donors (Lipinski definition) is 1. The SMILES string of the molecule is COCC(OCc1ccccc1)C(=O)O. The molecular weight excluding hydrogens is 196 g/mol. The number of benzene rings is 1. The molecule has 1 aromatic rings. The van der Waals surface area contributed by atoms with Gasteiger partial charge in [0, 0.05) is 7.11 Å². The fourth-order valence-electron chi connectivity index (χ4n) is 1.11. The van der Waals surface area contributed by atoms with Crippen LogP contribution in [0.3, 0.4) is 0 Å². The summed E-state index contributed by atoms with van der Waals surface area (Å²) in [7, 11) is 1.45. The van der Waals surface area contributed by atoms with E-state index in [1.807, 2.05) is 30.3 Å². The van der Waals surface area contributed by atoms with Crippen molar-refractivity contribution in [2.45, 2.75) is 12.7 Å². The zero-order valence-corrected chi connectivity index (χ0v) is 8.55. The standard InChI is InChI=1S/C11H14O4/c1-14-8-10(11(12)13)15-7-9-5-3-2-4-6-9/h2-6,10H,7-8H2,1H3,(H,12,13). The smallest absolute Gasteiger partial charge is 0.335 e. The van der Waals surface area contributed by atoms with Gasteiger partial charge >= 0.3 is 5.97 Å². The Morgan fingerprint density at radius 3 is 2.60 bits per heavy atom. The Labute approximate surface area is 88.4 Å². The van der Waals surface area contributed by atoms with E-state index in [9.17, 15) is 4.79 Å². The van der Waals surface area contributed by atoms with E-state index >= 15 is 0 Å². The molecule has 1 N–H and O–H groups in total. The molecule has 15 heavy (non-hydrogen) atoms. The van der Waals surface area contributed by atoms with Gasteiger partial charge in [-0.15, -0.1) is 0 Å². The Hall–Kier alpha value is -1.39. The minimum absolute atomic E-state index is 0.0577. The molecule has 0 fully saturated rings. The molecule has 0 heterocycles. The van der Waals surface area contributed by atoms with E-state index in [4.69, 9.17) is 14.6 Å². The van der Waals surface area contributed by atoms with Gasteiger partial charge in [-0.1, -0.05) is 30.3 Å². The number of hydrogen-bond acceptors (Lipinski definition) is 3. The number of carboxylic acids is 1. The summed E-state index contributed by atoms with van der Waals surface area (Å²) in [5, 5.41) is 8.78. The van der Waals surface area contributed by atoms with Crippen molar-refractivity contribution in [2.24, 2.45) is 0 Å². The Morgan fingerprint density at radius 2 is 2.07 bits per heavy atom. The molecule has 1 atom stereocenters. The van der Waals surface area contributed by atoms with Gasteiger partial charge < -0.3 is 14.6 Å². The summed E-state index contributed by atoms with van der Waals surface area (Å²) in [5.74, 6) is -1.01. The van der Waals surface area contributed by atoms with Crippen molar-refractivity contribution >= 4 is 5.97 Å². The molecule has 82 valence electrons. The Kier molecular flexibility index (Phi) is 4.80. The minimum Gasteiger partial charge on any atom is -0.479 e. The molecule has 0 aliphatic heterocycles. The highest BCUT2D eigenvalue weighted by Crippen LogP contribution is 2.03. The molecule has 0 radical (unpaired) electrons. The van der Waals surface area contributed by atoms with Gasteiger partial charge in [-0.3, -0.25) is 0 Å². The first kappa shape index (κ1) is 11.7. The van der Waals surface area contributed by atoms with Gasteiger partial charge in [-0.2, -0.15) is 0 Å². The molecule has 0 aliphatic rings. The molecule has 4 heteroatoms. The fourth-order valence-corrected chi connectivity index (χ4v) is 1.11. The number of carboxylic acid groups (broad SMARTS) is 1. The summed E-state index contributed by atoms with van der Waals surface area (Å²) in [4.78, 5) is 10.7. The van der Waals surface area contributed by atoms with E-state index < -0.39 is 12.1 Å². The van der Waals surface area contributed by atoms with Crippen LogP contribution in [0.4, 0.5) is 0 Å². The van der Waals surface area contributed by atoms with Crippen molar-refractivity contribution < 1.29 is 19.4 Å². The number of rotatable bonds is 6. The van der Waals surface area contributed by atoms with Crippen LogP contribution in [-0.4, -0.2) is 30.9 Å². The second-order valence-electron chi connectivity index (χ2n) is 3.08. The van der Waals surface area contributed by atoms with Gasteiger partial charge in [0.25, 0.3) is 0 Å². The third-order valence-electron chi connectivity index (χ3n) is 1.89. The van der Waals surface area contributed by atoms with Gasteiger partial charge in [0.05, 0.1) is 13.2 Å². The van der Waals surface area contributed by atoms with Crippen molar-refractivity contribution in [3.05, 3.63) is 35.9 Å². The summed E-state index contributed by atoms with van der Waals surface area (Å²) in [6.07, 6.45) is -0.907. The topological polar surface area (TPSA) is 55.8 Å². The summed E-state index contributed by atoms with van der Waals surface area (Å²) in [5.41, 5.74) is 0.944. The second kappa shape index (κ2) is 6.16. The molecule has 4 nitrogen and oxygen atoms in total. The van der Waals surface area contributed by atoms with Crippen LogP contribution >= 0.6 is 0 Å².